The Morgan fingerprint density at radius 1 is 1.08 bits per heavy atom. The monoisotopic (exact) mass is 343 g/mol. The molecule has 0 radical (unpaired) electrons. The summed E-state index contributed by atoms with van der Waals surface area (Å²) in [4.78, 5) is 10.5. The van der Waals surface area contributed by atoms with Gasteiger partial charge in [0.2, 0.25) is 5.88 Å². The number of ether oxygens (including phenoxy) is 1. The van der Waals surface area contributed by atoms with Crippen LogP contribution in [0.25, 0.3) is 10.8 Å². The van der Waals surface area contributed by atoms with Crippen LogP contribution < -0.4 is 10.5 Å². The zero-order valence-corrected chi connectivity index (χ0v) is 13.5. The van der Waals surface area contributed by atoms with E-state index >= 15 is 0 Å². The minimum absolute atomic E-state index is 0.00463. The molecule has 0 saturated heterocycles. The number of benzene rings is 3. The maximum absolute atomic E-state index is 10.9. The molecule has 6 nitrogen and oxygen atoms in total. The van der Waals surface area contributed by atoms with E-state index in [0.29, 0.717) is 11.3 Å². The molecule has 0 aliphatic carbocycles. The Hall–Kier alpha value is -3.85. The maximum Gasteiger partial charge on any atom is 0.269 e. The molecular weight excluding hydrogens is 330 g/mol. The second kappa shape index (κ2) is 5.90. The number of hydrogen-bond donors (Lipinski definition) is 1. The number of allylic oxidation sites excluding steroid dienone is 1. The molecule has 0 amide bonds. The van der Waals surface area contributed by atoms with Crippen molar-refractivity contribution in [3.63, 3.8) is 0 Å². The van der Waals surface area contributed by atoms with Crippen molar-refractivity contribution in [1.82, 2.24) is 0 Å². The first-order chi connectivity index (χ1) is 12.6. The molecule has 0 fully saturated rings. The summed E-state index contributed by atoms with van der Waals surface area (Å²) < 4.78 is 5.68. The maximum atomic E-state index is 10.9. The molecule has 0 aromatic heterocycles. The third-order valence-corrected chi connectivity index (χ3v) is 4.52. The smallest absolute Gasteiger partial charge is 0.269 e. The molecule has 0 bridgehead atoms. The van der Waals surface area contributed by atoms with E-state index in [-0.39, 0.29) is 11.6 Å². The van der Waals surface area contributed by atoms with E-state index in [9.17, 15) is 15.4 Å². The summed E-state index contributed by atoms with van der Waals surface area (Å²) in [5, 5.41) is 22.5. The molecule has 3 aromatic rings. The first-order valence-electron chi connectivity index (χ1n) is 7.93. The van der Waals surface area contributed by atoms with Gasteiger partial charge < -0.3 is 10.5 Å². The SMILES string of the molecule is N#CC1=C(N)Oc2cc3ccccc3cc2C1c1ccc([N+](=O)[O-])cc1. The van der Waals surface area contributed by atoms with Crippen molar-refractivity contribution >= 4 is 16.5 Å². The van der Waals surface area contributed by atoms with E-state index in [1.807, 2.05) is 36.4 Å². The summed E-state index contributed by atoms with van der Waals surface area (Å²) in [5.41, 5.74) is 7.82. The van der Waals surface area contributed by atoms with Gasteiger partial charge in [-0.1, -0.05) is 36.4 Å². The highest BCUT2D eigenvalue weighted by atomic mass is 16.6. The molecule has 1 atom stereocenters. The number of fused-ring (bicyclic) bond motifs is 2. The summed E-state index contributed by atoms with van der Waals surface area (Å²) in [6, 6.07) is 20.0. The summed E-state index contributed by atoms with van der Waals surface area (Å²) in [5.74, 6) is 0.205. The number of hydrogen-bond acceptors (Lipinski definition) is 5. The number of nitro benzene ring substituents is 1. The molecule has 1 heterocycles. The third kappa shape index (κ3) is 2.43. The van der Waals surface area contributed by atoms with E-state index in [2.05, 4.69) is 6.07 Å². The van der Waals surface area contributed by atoms with Crippen LogP contribution >= 0.6 is 0 Å². The van der Waals surface area contributed by atoms with Crippen molar-refractivity contribution in [2.24, 2.45) is 5.73 Å². The lowest BCUT2D eigenvalue weighted by atomic mass is 9.82. The highest BCUT2D eigenvalue weighted by Gasteiger charge is 2.31. The molecule has 1 aliphatic heterocycles. The predicted molar refractivity (Wildman–Crippen MR) is 96.3 cm³/mol. The summed E-state index contributed by atoms with van der Waals surface area (Å²) in [7, 11) is 0. The highest BCUT2D eigenvalue weighted by Crippen LogP contribution is 2.43. The highest BCUT2D eigenvalue weighted by molar-refractivity contribution is 5.86. The first kappa shape index (κ1) is 15.7. The van der Waals surface area contributed by atoms with Crippen LogP contribution in [0, 0.1) is 21.4 Å². The molecule has 2 N–H and O–H groups in total. The van der Waals surface area contributed by atoms with Crippen molar-refractivity contribution in [3.05, 3.63) is 93.4 Å². The van der Waals surface area contributed by atoms with Crippen molar-refractivity contribution in [2.45, 2.75) is 5.92 Å². The van der Waals surface area contributed by atoms with Crippen LogP contribution in [0.15, 0.2) is 72.1 Å². The Labute approximate surface area is 148 Å². The Kier molecular flexibility index (Phi) is 3.55. The first-order valence-corrected chi connectivity index (χ1v) is 7.93. The fraction of sp³-hybridized carbons (Fsp3) is 0.0500. The van der Waals surface area contributed by atoms with Crippen LogP contribution in [0.1, 0.15) is 17.0 Å². The van der Waals surface area contributed by atoms with E-state index in [4.69, 9.17) is 10.5 Å². The second-order valence-electron chi connectivity index (χ2n) is 6.01. The number of nitrogens with two attached hydrogens (primary N) is 1. The zero-order valence-electron chi connectivity index (χ0n) is 13.5. The van der Waals surface area contributed by atoms with Gasteiger partial charge in [-0.05, 0) is 28.5 Å². The molecule has 126 valence electrons. The van der Waals surface area contributed by atoms with Gasteiger partial charge in [-0.2, -0.15) is 5.26 Å². The van der Waals surface area contributed by atoms with Gasteiger partial charge in [0.15, 0.2) is 0 Å². The topological polar surface area (TPSA) is 102 Å². The molecule has 1 aliphatic rings. The lowest BCUT2D eigenvalue weighted by Crippen LogP contribution is -2.21. The van der Waals surface area contributed by atoms with Crippen LogP contribution in [-0.4, -0.2) is 4.92 Å². The fourth-order valence-corrected chi connectivity index (χ4v) is 3.28. The molecule has 26 heavy (non-hydrogen) atoms. The fourth-order valence-electron chi connectivity index (χ4n) is 3.28. The van der Waals surface area contributed by atoms with E-state index in [1.54, 1.807) is 12.1 Å². The molecule has 6 heteroatoms. The minimum atomic E-state index is -0.454. The molecular formula is C20H13N3O3. The standard InChI is InChI=1S/C20H13N3O3/c21-11-17-19(12-5-7-15(8-6-12)23(24)25)16-9-13-3-1-2-4-14(13)10-18(16)26-20(17)22/h1-10,19H,22H2. The molecule has 0 spiro atoms. The van der Waals surface area contributed by atoms with Gasteiger partial charge in [0.25, 0.3) is 5.69 Å². The zero-order chi connectivity index (χ0) is 18.3. The summed E-state index contributed by atoms with van der Waals surface area (Å²) in [6.45, 7) is 0. The number of non-ortho nitro benzene ring substituents is 1. The molecule has 3 aromatic carbocycles. The Bertz CT molecular complexity index is 1110. The van der Waals surface area contributed by atoms with Crippen molar-refractivity contribution in [2.75, 3.05) is 0 Å². The van der Waals surface area contributed by atoms with Gasteiger partial charge in [0.05, 0.1) is 10.8 Å². The van der Waals surface area contributed by atoms with Crippen LogP contribution in [0.3, 0.4) is 0 Å². The average molecular weight is 343 g/mol. The number of nitriles is 1. The predicted octanol–water partition coefficient (Wildman–Crippen LogP) is 3.97. The third-order valence-electron chi connectivity index (χ3n) is 4.52. The second-order valence-corrected chi connectivity index (χ2v) is 6.01. The normalized spacial score (nSPS) is 15.9. The Morgan fingerprint density at radius 2 is 1.73 bits per heavy atom. The van der Waals surface area contributed by atoms with Crippen LogP contribution in [0.2, 0.25) is 0 Å². The van der Waals surface area contributed by atoms with Gasteiger partial charge >= 0.3 is 0 Å². The Morgan fingerprint density at radius 3 is 2.35 bits per heavy atom. The Balaban J connectivity index is 1.93. The molecule has 4 rings (SSSR count). The van der Waals surface area contributed by atoms with Crippen molar-refractivity contribution < 1.29 is 9.66 Å². The van der Waals surface area contributed by atoms with Crippen molar-refractivity contribution in [3.8, 4) is 11.8 Å². The number of rotatable bonds is 2. The average Bonchev–Trinajstić information content (AvgIpc) is 2.65. The van der Waals surface area contributed by atoms with Crippen LogP contribution in [0.5, 0.6) is 5.75 Å². The minimum Gasteiger partial charge on any atom is -0.440 e. The number of nitrogens with zero attached hydrogens (tertiary/aromatic N) is 2. The van der Waals surface area contributed by atoms with Gasteiger partial charge in [0.1, 0.15) is 17.4 Å². The summed E-state index contributed by atoms with van der Waals surface area (Å²) in [6.07, 6.45) is 0. The van der Waals surface area contributed by atoms with Crippen LogP contribution in [0.4, 0.5) is 5.69 Å². The quantitative estimate of drug-likeness (QED) is 0.560. The summed E-state index contributed by atoms with van der Waals surface area (Å²) >= 11 is 0. The lowest BCUT2D eigenvalue weighted by molar-refractivity contribution is -0.384. The van der Waals surface area contributed by atoms with Gasteiger partial charge in [-0.15, -0.1) is 0 Å². The van der Waals surface area contributed by atoms with Gasteiger partial charge in [-0.25, -0.2) is 0 Å². The van der Waals surface area contributed by atoms with E-state index in [1.165, 1.54) is 12.1 Å². The molecule has 0 saturated carbocycles. The van der Waals surface area contributed by atoms with Gasteiger partial charge in [0, 0.05) is 17.7 Å². The largest absolute Gasteiger partial charge is 0.440 e. The van der Waals surface area contributed by atoms with E-state index in [0.717, 1.165) is 21.9 Å². The van der Waals surface area contributed by atoms with Crippen molar-refractivity contribution in [1.29, 1.82) is 5.26 Å². The molecule has 1 unspecified atom stereocenters. The number of nitro groups is 1. The van der Waals surface area contributed by atoms with E-state index < -0.39 is 10.8 Å². The lowest BCUT2D eigenvalue weighted by Gasteiger charge is -2.27. The van der Waals surface area contributed by atoms with Crippen LogP contribution in [-0.2, 0) is 0 Å². The van der Waals surface area contributed by atoms with Gasteiger partial charge in [-0.3, -0.25) is 10.1 Å².